The fourth-order valence-electron chi connectivity index (χ4n) is 2.95. The molecule has 0 aliphatic heterocycles. The molecule has 150 valence electrons. The Morgan fingerprint density at radius 2 is 1.93 bits per heavy atom. The Morgan fingerprint density at radius 1 is 1.10 bits per heavy atom. The first-order valence-electron chi connectivity index (χ1n) is 8.95. The average molecular weight is 423 g/mol. The molecule has 5 aromatic rings. The van der Waals surface area contributed by atoms with Crippen molar-refractivity contribution in [3.8, 4) is 0 Å². The highest BCUT2D eigenvalue weighted by molar-refractivity contribution is 7.98. The minimum Gasteiger partial charge on any atom is -0.422 e. The summed E-state index contributed by atoms with van der Waals surface area (Å²) in [6.07, 6.45) is 1.70. The molecule has 0 aliphatic rings. The molecule has 30 heavy (non-hydrogen) atoms. The molecule has 0 saturated heterocycles. The van der Waals surface area contributed by atoms with Crippen molar-refractivity contribution in [2.45, 2.75) is 17.5 Å². The third-order valence-electron chi connectivity index (χ3n) is 4.28. The van der Waals surface area contributed by atoms with Gasteiger partial charge in [-0.25, -0.2) is 13.5 Å². The number of halogens is 1. The van der Waals surface area contributed by atoms with Gasteiger partial charge < -0.3 is 9.73 Å². The van der Waals surface area contributed by atoms with Gasteiger partial charge in [0.15, 0.2) is 10.7 Å². The minimum atomic E-state index is -0.361. The van der Waals surface area contributed by atoms with E-state index in [0.29, 0.717) is 28.1 Å². The summed E-state index contributed by atoms with van der Waals surface area (Å²) in [6, 6.07) is 13.2. The van der Waals surface area contributed by atoms with Crippen LogP contribution in [0.3, 0.4) is 0 Å². The topological polar surface area (TPSA) is 103 Å². The van der Waals surface area contributed by atoms with E-state index in [1.54, 1.807) is 6.20 Å². The lowest BCUT2D eigenvalue weighted by Gasteiger charge is -2.04. The SMILES string of the molecule is O=C(Cn1cc(CSc2nnc3oc4ccccc4n23)nn1)Nc1ccc(F)cc1. The fraction of sp³-hybridized carbons (Fsp3) is 0.105. The number of hydrogen-bond acceptors (Lipinski definition) is 7. The molecule has 0 saturated carbocycles. The Hall–Kier alpha value is -3.73. The average Bonchev–Trinajstić information content (AvgIpc) is 3.43. The van der Waals surface area contributed by atoms with Crippen LogP contribution in [-0.4, -0.2) is 35.5 Å². The molecule has 3 heterocycles. The number of benzene rings is 2. The molecular weight excluding hydrogens is 409 g/mol. The van der Waals surface area contributed by atoms with Crippen LogP contribution in [0.2, 0.25) is 0 Å². The van der Waals surface area contributed by atoms with Crippen molar-refractivity contribution in [1.82, 2.24) is 29.6 Å². The van der Waals surface area contributed by atoms with E-state index < -0.39 is 0 Å². The first-order chi connectivity index (χ1) is 14.7. The molecule has 0 bridgehead atoms. The van der Waals surface area contributed by atoms with E-state index in [1.807, 2.05) is 28.7 Å². The van der Waals surface area contributed by atoms with E-state index in [2.05, 4.69) is 25.8 Å². The Morgan fingerprint density at radius 3 is 2.80 bits per heavy atom. The van der Waals surface area contributed by atoms with E-state index in [0.717, 1.165) is 11.1 Å². The van der Waals surface area contributed by atoms with Crippen LogP contribution >= 0.6 is 11.8 Å². The summed E-state index contributed by atoms with van der Waals surface area (Å²) in [5.41, 5.74) is 2.84. The molecule has 1 amide bonds. The van der Waals surface area contributed by atoms with Crippen molar-refractivity contribution in [2.24, 2.45) is 0 Å². The number of amides is 1. The Balaban J connectivity index is 1.24. The number of aromatic nitrogens is 6. The molecule has 0 unspecified atom stereocenters. The molecule has 5 rings (SSSR count). The Labute approximate surface area is 172 Å². The Bertz CT molecular complexity index is 1340. The summed E-state index contributed by atoms with van der Waals surface area (Å²) < 4.78 is 21.9. The molecule has 3 aromatic heterocycles. The molecule has 0 radical (unpaired) electrons. The number of carbonyl (C=O) groups excluding carboxylic acids is 1. The highest BCUT2D eigenvalue weighted by atomic mass is 32.2. The van der Waals surface area contributed by atoms with Gasteiger partial charge in [-0.3, -0.25) is 4.79 Å². The van der Waals surface area contributed by atoms with Gasteiger partial charge in [0, 0.05) is 17.6 Å². The van der Waals surface area contributed by atoms with Crippen LogP contribution in [0.4, 0.5) is 10.1 Å². The van der Waals surface area contributed by atoms with Gasteiger partial charge in [-0.1, -0.05) is 34.2 Å². The number of thioether (sulfide) groups is 1. The number of anilines is 1. The van der Waals surface area contributed by atoms with Crippen molar-refractivity contribution < 1.29 is 13.6 Å². The number of carbonyl (C=O) groups is 1. The predicted molar refractivity (Wildman–Crippen MR) is 107 cm³/mol. The second-order valence-corrected chi connectivity index (χ2v) is 7.36. The minimum absolute atomic E-state index is 0.00338. The molecule has 2 aromatic carbocycles. The number of fused-ring (bicyclic) bond motifs is 3. The van der Waals surface area contributed by atoms with E-state index in [-0.39, 0.29) is 18.3 Å². The lowest BCUT2D eigenvalue weighted by molar-refractivity contribution is -0.116. The maximum Gasteiger partial charge on any atom is 0.328 e. The number of nitrogens with one attached hydrogen (secondary N) is 1. The van der Waals surface area contributed by atoms with Gasteiger partial charge in [-0.2, -0.15) is 0 Å². The van der Waals surface area contributed by atoms with Crippen molar-refractivity contribution >= 4 is 40.3 Å². The van der Waals surface area contributed by atoms with Gasteiger partial charge in [0.1, 0.15) is 12.4 Å². The van der Waals surface area contributed by atoms with E-state index >= 15 is 0 Å². The summed E-state index contributed by atoms with van der Waals surface area (Å²) in [5, 5.41) is 19.7. The lowest BCUT2D eigenvalue weighted by atomic mass is 10.3. The van der Waals surface area contributed by atoms with Crippen molar-refractivity contribution in [1.29, 1.82) is 0 Å². The standard InChI is InChI=1S/C19H14FN7O2S/c20-12-5-7-13(8-6-12)21-17(28)10-26-9-14(22-25-26)11-30-19-24-23-18-27(19)15-3-1-2-4-16(15)29-18/h1-9H,10-11H2,(H,21,28). The maximum absolute atomic E-state index is 12.9. The quantitative estimate of drug-likeness (QED) is 0.419. The van der Waals surface area contributed by atoms with E-state index in [4.69, 9.17) is 4.42 Å². The number of para-hydroxylation sites is 2. The molecular formula is C19H14FN7O2S. The number of hydrogen-bond donors (Lipinski definition) is 1. The summed E-state index contributed by atoms with van der Waals surface area (Å²) >= 11 is 1.44. The van der Waals surface area contributed by atoms with Crippen molar-refractivity contribution in [3.63, 3.8) is 0 Å². The summed E-state index contributed by atoms with van der Waals surface area (Å²) in [4.78, 5) is 12.1. The van der Waals surface area contributed by atoms with Gasteiger partial charge in [-0.15, -0.1) is 10.2 Å². The summed E-state index contributed by atoms with van der Waals surface area (Å²) in [6.45, 7) is -0.00338. The van der Waals surface area contributed by atoms with E-state index in [9.17, 15) is 9.18 Å². The zero-order chi connectivity index (χ0) is 20.5. The van der Waals surface area contributed by atoms with Gasteiger partial charge in [0.05, 0.1) is 11.2 Å². The fourth-order valence-corrected chi connectivity index (χ4v) is 3.76. The summed E-state index contributed by atoms with van der Waals surface area (Å²) in [7, 11) is 0. The Kier molecular flexibility index (Phi) is 4.64. The largest absolute Gasteiger partial charge is 0.422 e. The molecule has 9 nitrogen and oxygen atoms in total. The lowest BCUT2D eigenvalue weighted by Crippen LogP contribution is -2.19. The zero-order valence-corrected chi connectivity index (χ0v) is 16.2. The van der Waals surface area contributed by atoms with Crippen molar-refractivity contribution in [3.05, 3.63) is 66.2 Å². The van der Waals surface area contributed by atoms with Crippen LogP contribution in [0.15, 0.2) is 64.3 Å². The van der Waals surface area contributed by atoms with Crippen LogP contribution in [0.25, 0.3) is 16.9 Å². The van der Waals surface area contributed by atoms with Crippen molar-refractivity contribution in [2.75, 3.05) is 5.32 Å². The van der Waals surface area contributed by atoms with Gasteiger partial charge in [0.25, 0.3) is 0 Å². The summed E-state index contributed by atoms with van der Waals surface area (Å²) in [5.74, 6) is 0.286. The highest BCUT2D eigenvalue weighted by Crippen LogP contribution is 2.26. The zero-order valence-electron chi connectivity index (χ0n) is 15.4. The monoisotopic (exact) mass is 423 g/mol. The van der Waals surface area contributed by atoms with Gasteiger partial charge in [0.2, 0.25) is 5.91 Å². The van der Waals surface area contributed by atoms with Crippen LogP contribution < -0.4 is 5.32 Å². The highest BCUT2D eigenvalue weighted by Gasteiger charge is 2.15. The van der Waals surface area contributed by atoms with Gasteiger partial charge in [-0.05, 0) is 36.4 Å². The van der Waals surface area contributed by atoms with Crippen LogP contribution in [0, 0.1) is 5.82 Å². The molecule has 0 atom stereocenters. The van der Waals surface area contributed by atoms with Gasteiger partial charge >= 0.3 is 5.84 Å². The van der Waals surface area contributed by atoms with Crippen LogP contribution in [0.1, 0.15) is 5.69 Å². The van der Waals surface area contributed by atoms with E-state index in [1.165, 1.54) is 40.7 Å². The number of oxazole rings is 1. The van der Waals surface area contributed by atoms with Crippen LogP contribution in [0.5, 0.6) is 0 Å². The molecule has 1 N–H and O–H groups in total. The third-order valence-corrected chi connectivity index (χ3v) is 5.24. The first kappa shape index (κ1) is 18.3. The maximum atomic E-state index is 12.9. The number of nitrogens with zero attached hydrogens (tertiary/aromatic N) is 6. The van der Waals surface area contributed by atoms with Crippen LogP contribution in [-0.2, 0) is 17.1 Å². The smallest absolute Gasteiger partial charge is 0.328 e. The second-order valence-electron chi connectivity index (χ2n) is 6.42. The first-order valence-corrected chi connectivity index (χ1v) is 9.94. The molecule has 0 spiro atoms. The normalized spacial score (nSPS) is 11.4. The molecule has 0 fully saturated rings. The molecule has 11 heteroatoms. The number of rotatable bonds is 6. The predicted octanol–water partition coefficient (Wildman–Crippen LogP) is 3.14. The third kappa shape index (κ3) is 3.62. The second kappa shape index (κ2) is 7.59. The molecule has 0 aliphatic carbocycles.